The zero-order chi connectivity index (χ0) is 12.7. The Morgan fingerprint density at radius 3 is 2.65 bits per heavy atom. The number of hydrogen-bond acceptors (Lipinski definition) is 4. The molecule has 1 saturated carbocycles. The second-order valence-corrected chi connectivity index (χ2v) is 5.56. The molecule has 2 aliphatic rings. The van der Waals surface area contributed by atoms with Crippen molar-refractivity contribution >= 4 is 29.1 Å². The predicted molar refractivity (Wildman–Crippen MR) is 82.8 cm³/mol. The molecule has 3 heterocycles. The van der Waals surface area contributed by atoms with E-state index in [9.17, 15) is 0 Å². The van der Waals surface area contributed by atoms with Gasteiger partial charge >= 0.3 is 0 Å². The van der Waals surface area contributed by atoms with Crippen molar-refractivity contribution in [1.82, 2.24) is 20.5 Å². The molecule has 6 heteroatoms. The Bertz CT molecular complexity index is 586. The van der Waals surface area contributed by atoms with E-state index in [2.05, 4.69) is 31.6 Å². The Kier molecular flexibility index (Phi) is 3.81. The summed E-state index contributed by atoms with van der Waals surface area (Å²) in [6, 6.07) is 0. The average Bonchev–Trinajstić information content (AvgIpc) is 2.86. The van der Waals surface area contributed by atoms with Gasteiger partial charge in [0.15, 0.2) is 5.65 Å². The molecular weight excluding hydrogens is 274 g/mol. The highest BCUT2D eigenvalue weighted by atomic mass is 35.5. The zero-order valence-electron chi connectivity index (χ0n) is 11.4. The molecule has 1 saturated heterocycles. The number of pyridine rings is 1. The summed E-state index contributed by atoms with van der Waals surface area (Å²) in [6.45, 7) is 4.27. The number of fused-ring (bicyclic) bond motifs is 1. The normalized spacial score (nSPS) is 19.7. The van der Waals surface area contributed by atoms with Crippen LogP contribution in [0.2, 0.25) is 0 Å². The van der Waals surface area contributed by atoms with Crippen LogP contribution in [0.4, 0.5) is 5.69 Å². The first kappa shape index (κ1) is 13.6. The van der Waals surface area contributed by atoms with Crippen LogP contribution in [0.15, 0.2) is 12.4 Å². The van der Waals surface area contributed by atoms with Gasteiger partial charge in [-0.3, -0.25) is 5.10 Å². The summed E-state index contributed by atoms with van der Waals surface area (Å²) in [5.41, 5.74) is 3.73. The minimum Gasteiger partial charge on any atom is -0.368 e. The van der Waals surface area contributed by atoms with Crippen LogP contribution in [0, 0.1) is 0 Å². The molecule has 20 heavy (non-hydrogen) atoms. The van der Waals surface area contributed by atoms with Gasteiger partial charge in [0.2, 0.25) is 0 Å². The van der Waals surface area contributed by atoms with Crippen molar-refractivity contribution in [3.63, 3.8) is 0 Å². The van der Waals surface area contributed by atoms with Gasteiger partial charge in [-0.1, -0.05) is 6.42 Å². The molecule has 0 unspecified atom stereocenters. The van der Waals surface area contributed by atoms with E-state index < -0.39 is 0 Å². The Balaban J connectivity index is 0.00000121. The smallest absolute Gasteiger partial charge is 0.157 e. The summed E-state index contributed by atoms with van der Waals surface area (Å²) in [7, 11) is 0. The van der Waals surface area contributed by atoms with E-state index in [1.165, 1.54) is 35.9 Å². The van der Waals surface area contributed by atoms with E-state index in [4.69, 9.17) is 0 Å². The van der Waals surface area contributed by atoms with Crippen molar-refractivity contribution in [3.8, 4) is 0 Å². The van der Waals surface area contributed by atoms with E-state index >= 15 is 0 Å². The molecule has 2 fully saturated rings. The topological polar surface area (TPSA) is 56.8 Å². The Morgan fingerprint density at radius 1 is 1.15 bits per heavy atom. The quantitative estimate of drug-likeness (QED) is 0.890. The third-order valence-corrected chi connectivity index (χ3v) is 4.46. The first-order valence-corrected chi connectivity index (χ1v) is 7.21. The third kappa shape index (κ3) is 2.15. The van der Waals surface area contributed by atoms with Crippen LogP contribution in [0.25, 0.3) is 11.0 Å². The number of aromatic amines is 1. The van der Waals surface area contributed by atoms with Crippen LogP contribution in [0.3, 0.4) is 0 Å². The van der Waals surface area contributed by atoms with Gasteiger partial charge in [-0.2, -0.15) is 5.10 Å². The van der Waals surface area contributed by atoms with Gasteiger partial charge in [0.05, 0.1) is 17.3 Å². The van der Waals surface area contributed by atoms with Crippen molar-refractivity contribution in [1.29, 1.82) is 0 Å². The van der Waals surface area contributed by atoms with Crippen LogP contribution in [0.1, 0.15) is 30.7 Å². The fourth-order valence-electron chi connectivity index (χ4n) is 3.16. The number of halogens is 1. The summed E-state index contributed by atoms with van der Waals surface area (Å²) in [4.78, 5) is 7.04. The Hall–Kier alpha value is -1.33. The van der Waals surface area contributed by atoms with Crippen molar-refractivity contribution in [2.45, 2.75) is 25.2 Å². The molecule has 0 amide bonds. The third-order valence-electron chi connectivity index (χ3n) is 4.46. The van der Waals surface area contributed by atoms with Crippen molar-refractivity contribution in [2.75, 3.05) is 31.1 Å². The van der Waals surface area contributed by atoms with Crippen LogP contribution >= 0.6 is 12.4 Å². The highest BCUT2D eigenvalue weighted by molar-refractivity contribution is 5.91. The molecule has 1 aliphatic heterocycles. The molecule has 0 bridgehead atoms. The van der Waals surface area contributed by atoms with E-state index in [0.29, 0.717) is 5.92 Å². The van der Waals surface area contributed by atoms with Gasteiger partial charge in [0, 0.05) is 32.4 Å². The maximum atomic E-state index is 4.54. The molecule has 0 atom stereocenters. The van der Waals surface area contributed by atoms with Gasteiger partial charge in [0.25, 0.3) is 0 Å². The number of piperazine rings is 1. The lowest BCUT2D eigenvalue weighted by Crippen LogP contribution is -2.44. The molecule has 2 aromatic rings. The Labute approximate surface area is 124 Å². The lowest BCUT2D eigenvalue weighted by Gasteiger charge is -2.35. The number of rotatable bonds is 2. The summed E-state index contributed by atoms with van der Waals surface area (Å²) < 4.78 is 0. The predicted octanol–water partition coefficient (Wildman–Crippen LogP) is 2.06. The molecule has 0 radical (unpaired) electrons. The zero-order valence-corrected chi connectivity index (χ0v) is 12.2. The number of H-pyrrole nitrogens is 1. The lowest BCUT2D eigenvalue weighted by atomic mass is 9.79. The first-order chi connectivity index (χ1) is 9.43. The number of aromatic nitrogens is 3. The monoisotopic (exact) mass is 293 g/mol. The number of hydrogen-bond donors (Lipinski definition) is 2. The largest absolute Gasteiger partial charge is 0.368 e. The molecule has 0 spiro atoms. The molecule has 108 valence electrons. The maximum Gasteiger partial charge on any atom is 0.157 e. The van der Waals surface area contributed by atoms with E-state index in [-0.39, 0.29) is 12.4 Å². The fraction of sp³-hybridized carbons (Fsp3) is 0.571. The molecule has 4 rings (SSSR count). The van der Waals surface area contributed by atoms with E-state index in [1.54, 1.807) is 0 Å². The SMILES string of the molecule is Cl.c1nc2[nH]ncc2c(N2CCNCC2)c1C1CCC1. The van der Waals surface area contributed by atoms with E-state index in [0.717, 1.165) is 31.8 Å². The molecule has 2 aromatic heterocycles. The van der Waals surface area contributed by atoms with Crippen LogP contribution in [-0.2, 0) is 0 Å². The first-order valence-electron chi connectivity index (χ1n) is 7.21. The van der Waals surface area contributed by atoms with Crippen molar-refractivity contribution in [2.24, 2.45) is 0 Å². The van der Waals surface area contributed by atoms with Crippen molar-refractivity contribution < 1.29 is 0 Å². The highest BCUT2D eigenvalue weighted by Crippen LogP contribution is 2.42. The van der Waals surface area contributed by atoms with Crippen molar-refractivity contribution in [3.05, 3.63) is 18.0 Å². The van der Waals surface area contributed by atoms with E-state index in [1.807, 2.05) is 6.20 Å². The fourth-order valence-corrected chi connectivity index (χ4v) is 3.16. The molecule has 1 aliphatic carbocycles. The number of nitrogens with zero attached hydrogens (tertiary/aromatic N) is 3. The number of nitrogens with one attached hydrogen (secondary N) is 2. The van der Waals surface area contributed by atoms with Gasteiger partial charge in [-0.05, 0) is 24.3 Å². The standard InChI is InChI=1S/C14H19N5.ClH/c1-2-10(3-1)11-8-16-14-12(9-17-18-14)13(11)19-6-4-15-5-7-19;/h8-10,15H,1-7H2,(H,16,17,18);1H. The van der Waals surface area contributed by atoms with Gasteiger partial charge in [-0.25, -0.2) is 4.98 Å². The van der Waals surface area contributed by atoms with Crippen LogP contribution in [-0.4, -0.2) is 41.4 Å². The minimum atomic E-state index is 0. The molecule has 2 N–H and O–H groups in total. The van der Waals surface area contributed by atoms with Gasteiger partial charge < -0.3 is 10.2 Å². The van der Waals surface area contributed by atoms with Gasteiger partial charge in [-0.15, -0.1) is 12.4 Å². The van der Waals surface area contributed by atoms with Crippen LogP contribution in [0.5, 0.6) is 0 Å². The molecule has 5 nitrogen and oxygen atoms in total. The Morgan fingerprint density at radius 2 is 1.95 bits per heavy atom. The summed E-state index contributed by atoms with van der Waals surface area (Å²) in [5, 5.41) is 11.8. The average molecular weight is 294 g/mol. The summed E-state index contributed by atoms with van der Waals surface area (Å²) in [6.07, 6.45) is 7.98. The van der Waals surface area contributed by atoms with Crippen LogP contribution < -0.4 is 10.2 Å². The molecular formula is C14H20ClN5. The highest BCUT2D eigenvalue weighted by Gasteiger charge is 2.27. The summed E-state index contributed by atoms with van der Waals surface area (Å²) >= 11 is 0. The van der Waals surface area contributed by atoms with Gasteiger partial charge in [0.1, 0.15) is 0 Å². The maximum absolute atomic E-state index is 4.54. The second-order valence-electron chi connectivity index (χ2n) is 5.56. The number of anilines is 1. The summed E-state index contributed by atoms with van der Waals surface area (Å²) in [5.74, 6) is 0.705. The lowest BCUT2D eigenvalue weighted by molar-refractivity contribution is 0.418. The minimum absolute atomic E-state index is 0. The molecule has 0 aromatic carbocycles. The second kappa shape index (κ2) is 5.58.